The number of ketones is 1. The molecule has 5 atom stereocenters. The molecule has 266 valence electrons. The topological polar surface area (TPSA) is 81.7 Å². The number of carbonyl (C=O) groups excluding carboxylic acids is 1. The number of hydrogen-bond donors (Lipinski definition) is 0. The molecule has 0 amide bonds. The van der Waals surface area contributed by atoms with E-state index in [0.717, 1.165) is 5.56 Å². The largest absolute Gasteiger partial charge is 0.493 e. The predicted octanol–water partition coefficient (Wildman–Crippen LogP) is 8.95. The predicted molar refractivity (Wildman–Crippen MR) is 194 cm³/mol. The number of Topliss-reactive ketones (excluding diaryl/α,β-unsaturated/α-hetero) is 1. The van der Waals surface area contributed by atoms with E-state index in [-0.39, 0.29) is 18.0 Å². The fourth-order valence-electron chi connectivity index (χ4n) is 9.61. The van der Waals surface area contributed by atoms with Crippen molar-refractivity contribution < 1.29 is 37.3 Å². The minimum absolute atomic E-state index is 0.122. The lowest BCUT2D eigenvalue weighted by Gasteiger charge is -2.61. The van der Waals surface area contributed by atoms with Crippen LogP contribution in [-0.4, -0.2) is 74.5 Å². The first-order valence-electron chi connectivity index (χ1n) is 17.0. The Morgan fingerprint density at radius 1 is 0.894 bits per heavy atom. The van der Waals surface area contributed by atoms with E-state index in [0.29, 0.717) is 51.2 Å². The van der Waals surface area contributed by atoms with Gasteiger partial charge in [0.25, 0.3) is 0 Å². The lowest BCUT2D eigenvalue weighted by Crippen LogP contribution is -2.69. The zero-order valence-electron chi connectivity index (χ0n) is 31.3. The van der Waals surface area contributed by atoms with Gasteiger partial charge >= 0.3 is 0 Å². The van der Waals surface area contributed by atoms with Gasteiger partial charge in [-0.15, -0.1) is 0 Å². The van der Waals surface area contributed by atoms with Crippen LogP contribution in [0.4, 0.5) is 0 Å². The van der Waals surface area contributed by atoms with Crippen molar-refractivity contribution in [2.75, 3.05) is 28.4 Å². The molecule has 8 nitrogen and oxygen atoms in total. The second kappa shape index (κ2) is 13.5. The summed E-state index contributed by atoms with van der Waals surface area (Å²) in [6, 6.07) is 5.92. The Kier molecular flexibility index (Phi) is 11.1. The summed E-state index contributed by atoms with van der Waals surface area (Å²) in [5.41, 5.74) is 0.511. The van der Waals surface area contributed by atoms with Crippen LogP contribution in [0.15, 0.2) is 28.4 Å². The van der Waals surface area contributed by atoms with E-state index < -0.39 is 45.3 Å². The molecule has 3 aliphatic rings. The van der Waals surface area contributed by atoms with Gasteiger partial charge in [-0.3, -0.25) is 4.79 Å². The number of benzene rings is 1. The molecule has 1 aromatic carbocycles. The van der Waals surface area contributed by atoms with Gasteiger partial charge < -0.3 is 32.5 Å². The number of methoxy groups -OCH3 is 4. The van der Waals surface area contributed by atoms with Crippen molar-refractivity contribution in [3.05, 3.63) is 34.0 Å². The summed E-state index contributed by atoms with van der Waals surface area (Å²) < 4.78 is 46.3. The number of halogens is 1. The number of rotatable bonds is 13. The van der Waals surface area contributed by atoms with E-state index in [2.05, 4.69) is 91.0 Å². The number of allylic oxidation sites excluding steroid dienone is 1. The normalized spacial score (nSPS) is 27.9. The van der Waals surface area contributed by atoms with Gasteiger partial charge in [-0.05, 0) is 90.2 Å². The number of carbonyl (C=O) groups is 1. The Morgan fingerprint density at radius 2 is 1.45 bits per heavy atom. The van der Waals surface area contributed by atoms with Crippen LogP contribution in [0, 0.1) is 11.3 Å². The van der Waals surface area contributed by atoms with E-state index in [1.54, 1.807) is 28.4 Å². The number of hydrogen-bond acceptors (Lipinski definition) is 8. The Labute approximate surface area is 294 Å². The molecule has 11 heteroatoms. The highest BCUT2D eigenvalue weighted by Gasteiger charge is 2.76. The highest BCUT2D eigenvalue weighted by atomic mass is 79.9. The molecule has 0 aromatic heterocycles. The van der Waals surface area contributed by atoms with E-state index in [1.807, 2.05) is 18.2 Å². The molecule has 0 radical (unpaired) electrons. The van der Waals surface area contributed by atoms with Gasteiger partial charge in [0.2, 0.25) is 8.32 Å². The summed E-state index contributed by atoms with van der Waals surface area (Å²) in [6.07, 6.45) is 0.424. The van der Waals surface area contributed by atoms with Crippen molar-refractivity contribution in [2.45, 2.75) is 134 Å². The van der Waals surface area contributed by atoms with Crippen molar-refractivity contribution in [1.82, 2.24) is 0 Å². The van der Waals surface area contributed by atoms with Crippen molar-refractivity contribution in [3.63, 3.8) is 0 Å². The maximum atomic E-state index is 14.9. The minimum Gasteiger partial charge on any atom is -0.493 e. The zero-order chi connectivity index (χ0) is 35.5. The maximum Gasteiger partial charge on any atom is 0.200 e. The second-order valence-corrected chi connectivity index (χ2v) is 26.7. The van der Waals surface area contributed by atoms with Gasteiger partial charge in [0, 0.05) is 26.6 Å². The third-order valence-corrected chi connectivity index (χ3v) is 19.1. The summed E-state index contributed by atoms with van der Waals surface area (Å²) >= 11 is 3.76. The molecule has 47 heavy (non-hydrogen) atoms. The summed E-state index contributed by atoms with van der Waals surface area (Å²) in [4.78, 5) is 14.9. The Hall–Kier alpha value is -1.22. The highest BCUT2D eigenvalue weighted by Crippen LogP contribution is 2.69. The van der Waals surface area contributed by atoms with Gasteiger partial charge in [-0.2, -0.15) is 0 Å². The van der Waals surface area contributed by atoms with Crippen LogP contribution in [0.2, 0.25) is 36.3 Å². The first kappa shape index (κ1) is 38.6. The summed E-state index contributed by atoms with van der Waals surface area (Å²) in [5.74, 6) is -0.790. The van der Waals surface area contributed by atoms with E-state index in [9.17, 15) is 4.79 Å². The number of ether oxygens (including phenoxy) is 5. The summed E-state index contributed by atoms with van der Waals surface area (Å²) in [5, 5.41) is 0. The molecule has 2 aliphatic carbocycles. The van der Waals surface area contributed by atoms with Crippen LogP contribution in [0.5, 0.6) is 11.5 Å². The molecule has 4 rings (SSSR count). The Morgan fingerprint density at radius 3 is 1.91 bits per heavy atom. The Balaban J connectivity index is 2.03. The first-order valence-corrected chi connectivity index (χ1v) is 23.4. The van der Waals surface area contributed by atoms with Crippen LogP contribution in [0.1, 0.15) is 79.7 Å². The van der Waals surface area contributed by atoms with Crippen molar-refractivity contribution >= 4 is 38.3 Å². The quantitative estimate of drug-likeness (QED) is 0.146. The van der Waals surface area contributed by atoms with Crippen molar-refractivity contribution in [3.8, 4) is 11.5 Å². The van der Waals surface area contributed by atoms with Crippen LogP contribution in [0.25, 0.3) is 0 Å². The second-order valence-electron chi connectivity index (χ2n) is 16.1. The van der Waals surface area contributed by atoms with Gasteiger partial charge in [-0.25, -0.2) is 0 Å². The van der Waals surface area contributed by atoms with E-state index >= 15 is 0 Å². The molecule has 1 aliphatic heterocycles. The lowest BCUT2D eigenvalue weighted by molar-refractivity contribution is -0.318. The third-order valence-electron chi connectivity index (χ3n) is 11.1. The molecule has 0 N–H and O–H groups in total. The van der Waals surface area contributed by atoms with E-state index in [1.165, 1.54) is 0 Å². The summed E-state index contributed by atoms with van der Waals surface area (Å²) in [6.45, 7) is 24.5. The van der Waals surface area contributed by atoms with Crippen LogP contribution < -0.4 is 9.47 Å². The van der Waals surface area contributed by atoms with Crippen LogP contribution in [0.3, 0.4) is 0 Å². The molecule has 2 fully saturated rings. The molecule has 1 saturated carbocycles. The van der Waals surface area contributed by atoms with Crippen LogP contribution >= 0.6 is 15.9 Å². The minimum atomic E-state index is -2.45. The lowest BCUT2D eigenvalue weighted by atomic mass is 9.52. The first-order chi connectivity index (χ1) is 21.7. The number of fused-ring (bicyclic) bond motifs is 1. The average Bonchev–Trinajstić information content (AvgIpc) is 3.37. The van der Waals surface area contributed by atoms with Crippen molar-refractivity contribution in [1.29, 1.82) is 0 Å². The Bertz CT molecular complexity index is 1330. The monoisotopic (exact) mass is 754 g/mol. The smallest absolute Gasteiger partial charge is 0.200 e. The third kappa shape index (κ3) is 6.11. The van der Waals surface area contributed by atoms with Gasteiger partial charge in [0.05, 0.1) is 41.7 Å². The highest BCUT2D eigenvalue weighted by molar-refractivity contribution is 9.12. The van der Waals surface area contributed by atoms with Crippen molar-refractivity contribution in [2.24, 2.45) is 11.3 Å². The average molecular weight is 756 g/mol. The molecular weight excluding hydrogens is 696 g/mol. The summed E-state index contributed by atoms with van der Waals surface area (Å²) in [7, 11) is 2.15. The SMILES string of the molecule is COc1ccc([C@@H]2[C@@H](O[Si](C(C)C)(C(C)C)C(C)C)C[C@]34C[C@H](C(C)(C)O[Si](C)(C)C)OC3=C(Br)C(=O)[C@H]2C4(OC)OC)cc1OC. The molecule has 1 aromatic rings. The molecule has 1 saturated heterocycles. The van der Waals surface area contributed by atoms with Gasteiger partial charge in [0.1, 0.15) is 11.9 Å². The van der Waals surface area contributed by atoms with Gasteiger partial charge in [0.15, 0.2) is 31.4 Å². The molecule has 1 heterocycles. The van der Waals surface area contributed by atoms with Gasteiger partial charge in [-0.1, -0.05) is 47.6 Å². The van der Waals surface area contributed by atoms with Crippen LogP contribution in [-0.2, 0) is 27.9 Å². The molecule has 0 unspecified atom stereocenters. The fourth-order valence-corrected chi connectivity index (χ4v) is 17.6. The zero-order valence-corrected chi connectivity index (χ0v) is 34.9. The molecule has 2 bridgehead atoms. The van der Waals surface area contributed by atoms with E-state index in [4.69, 9.17) is 32.5 Å². The maximum absolute atomic E-state index is 14.9. The molecule has 1 spiro atoms. The fraction of sp³-hybridized carbons (Fsp3) is 0.750. The molecular formula is C36H59BrO8Si2. The standard InChI is InChI=1S/C36H59BrO8Si2/c1-21(2)47(22(3)4,23(5)6)44-27-19-35-20-28(34(7,8)45-46(13,14)15)43-33(35)31(37)32(38)30(36(35,41-11)42-12)29(27)24-16-17-25(39-9)26(18-24)40-10/h16-18,21-23,27-30H,19-20H2,1-15H3/t27-,28+,29+,30-,35-/m0/s1.